The van der Waals surface area contributed by atoms with Gasteiger partial charge in [-0.25, -0.2) is 0 Å². The number of esters is 3. The summed E-state index contributed by atoms with van der Waals surface area (Å²) in [7, 11) is 10.3. The Labute approximate surface area is 521 Å². The Hall–Kier alpha value is -3.25. The number of aliphatic hydroxyl groups excluding tert-OH is 3. The molecule has 3 N–H and O–H groups in total. The maximum absolute atomic E-state index is 13.6. The Morgan fingerprint density at radius 3 is 1.53 bits per heavy atom. The minimum absolute atomic E-state index is 0.178. The number of benzene rings is 1. The van der Waals surface area contributed by atoms with Crippen molar-refractivity contribution in [3.8, 4) is 5.75 Å². The summed E-state index contributed by atoms with van der Waals surface area (Å²) in [5.74, 6) is -0.952. The van der Waals surface area contributed by atoms with Gasteiger partial charge in [0.05, 0.1) is 42.9 Å². The van der Waals surface area contributed by atoms with Crippen LogP contribution in [0.3, 0.4) is 0 Å². The Kier molecular flexibility index (Phi) is 32.1. The SMILES string of the molecule is CCCC(C)C(=O)OC(CCCCC(C)C(CC)OC)CC(Cc1ccc(OC2OC(C)C(OC)C(OC3OC(C)C(O)C(OC4OC(C)C(OC(C)=O)C(OC5OC(CO)C(OC)C(O)C5OC)C4OC)C3OC)C2OC)cc1)OC(=O)C(C)CCC. The molecule has 0 aromatic heterocycles. The molecule has 0 spiro atoms. The van der Waals surface area contributed by atoms with Crippen molar-refractivity contribution in [2.45, 2.75) is 281 Å². The first-order valence-electron chi connectivity index (χ1n) is 31.7. The average Bonchev–Trinajstić information content (AvgIpc) is 3.57. The number of methoxy groups -OCH3 is 7. The fourth-order valence-electron chi connectivity index (χ4n) is 12.6. The fraction of sp³-hybridized carbons (Fsp3) is 0.859. The van der Waals surface area contributed by atoms with Crippen LogP contribution in [-0.4, -0.2) is 231 Å². The predicted octanol–water partition coefficient (Wildman–Crippen LogP) is 6.17. The molecule has 0 aliphatic carbocycles. The van der Waals surface area contributed by atoms with Crippen LogP contribution in [0.5, 0.6) is 5.75 Å². The lowest BCUT2D eigenvalue weighted by Crippen LogP contribution is -2.68. The summed E-state index contributed by atoms with van der Waals surface area (Å²) in [6, 6.07) is 7.39. The molecular weight excluding hydrogens is 1150 g/mol. The zero-order chi connectivity index (χ0) is 64.9. The number of carbonyl (C=O) groups is 3. The molecule has 0 bridgehead atoms. The maximum atomic E-state index is 13.6. The predicted molar refractivity (Wildman–Crippen MR) is 318 cm³/mol. The minimum atomic E-state index is -1.35. The van der Waals surface area contributed by atoms with Crippen molar-refractivity contribution in [3.63, 3.8) is 0 Å². The molecule has 24 heteroatoms. The highest BCUT2D eigenvalue weighted by Crippen LogP contribution is 2.39. The third-order valence-corrected chi connectivity index (χ3v) is 17.6. The van der Waals surface area contributed by atoms with Crippen molar-refractivity contribution < 1.29 is 115 Å². The summed E-state index contributed by atoms with van der Waals surface area (Å²) in [5.41, 5.74) is 0.860. The topological polar surface area (TPSA) is 278 Å². The van der Waals surface area contributed by atoms with E-state index >= 15 is 0 Å². The van der Waals surface area contributed by atoms with Crippen molar-refractivity contribution in [1.82, 2.24) is 0 Å². The van der Waals surface area contributed by atoms with E-state index in [0.717, 1.165) is 44.1 Å². The lowest BCUT2D eigenvalue weighted by atomic mass is 9.94. The number of ether oxygens (including phenoxy) is 18. The summed E-state index contributed by atoms with van der Waals surface area (Å²) >= 11 is 0. The van der Waals surface area contributed by atoms with Crippen LogP contribution in [0.1, 0.15) is 139 Å². The van der Waals surface area contributed by atoms with E-state index in [9.17, 15) is 29.7 Å². The Morgan fingerprint density at radius 2 is 1.01 bits per heavy atom. The zero-order valence-corrected chi connectivity index (χ0v) is 55.2. The van der Waals surface area contributed by atoms with E-state index in [-0.39, 0.29) is 29.9 Å². The first kappa shape index (κ1) is 75.5. The van der Waals surface area contributed by atoms with E-state index in [2.05, 4.69) is 13.8 Å². The lowest BCUT2D eigenvalue weighted by Gasteiger charge is -2.51. The molecule has 0 radical (unpaired) electrons. The summed E-state index contributed by atoms with van der Waals surface area (Å²) in [6.07, 6.45) is -14.7. The van der Waals surface area contributed by atoms with Gasteiger partial charge in [0, 0.05) is 69.5 Å². The van der Waals surface area contributed by atoms with Gasteiger partial charge in [-0.2, -0.15) is 0 Å². The van der Waals surface area contributed by atoms with Crippen LogP contribution in [-0.2, 0) is 101 Å². The maximum Gasteiger partial charge on any atom is 0.308 e. The third kappa shape index (κ3) is 20.1. The van der Waals surface area contributed by atoms with Gasteiger partial charge in [0.15, 0.2) is 25.0 Å². The summed E-state index contributed by atoms with van der Waals surface area (Å²) in [4.78, 5) is 39.7. The molecule has 1 aromatic rings. The minimum Gasteiger partial charge on any atom is -0.462 e. The fourth-order valence-corrected chi connectivity index (χ4v) is 12.6. The Bertz CT molecular complexity index is 2150. The van der Waals surface area contributed by atoms with E-state index in [1.165, 1.54) is 49.6 Å². The first-order chi connectivity index (χ1) is 42.1. The van der Waals surface area contributed by atoms with Crippen LogP contribution < -0.4 is 4.74 Å². The van der Waals surface area contributed by atoms with E-state index in [1.54, 1.807) is 33.1 Å². The highest BCUT2D eigenvalue weighted by Gasteiger charge is 2.57. The highest BCUT2D eigenvalue weighted by molar-refractivity contribution is 5.72. The second-order valence-electron chi connectivity index (χ2n) is 24.1. The molecule has 4 saturated heterocycles. The first-order valence-corrected chi connectivity index (χ1v) is 31.7. The van der Waals surface area contributed by atoms with Crippen LogP contribution in [0.4, 0.5) is 0 Å². The Morgan fingerprint density at radius 1 is 0.534 bits per heavy atom. The smallest absolute Gasteiger partial charge is 0.308 e. The molecule has 5 rings (SSSR count). The van der Waals surface area contributed by atoms with Crippen LogP contribution in [0.2, 0.25) is 0 Å². The molecule has 4 fully saturated rings. The van der Waals surface area contributed by atoms with Crippen LogP contribution >= 0.6 is 0 Å². The molecule has 4 aliphatic rings. The molecule has 0 saturated carbocycles. The Balaban J connectivity index is 1.36. The van der Waals surface area contributed by atoms with Crippen molar-refractivity contribution in [1.29, 1.82) is 0 Å². The van der Waals surface area contributed by atoms with Gasteiger partial charge in [-0.1, -0.05) is 72.9 Å². The van der Waals surface area contributed by atoms with Gasteiger partial charge in [0.1, 0.15) is 91.2 Å². The highest BCUT2D eigenvalue weighted by atomic mass is 16.8. The summed E-state index contributed by atoms with van der Waals surface area (Å²) < 4.78 is 111. The summed E-state index contributed by atoms with van der Waals surface area (Å²) in [5, 5.41) is 33.4. The molecule has 4 heterocycles. The number of unbranched alkanes of at least 4 members (excludes halogenated alkanes) is 1. The second-order valence-corrected chi connectivity index (χ2v) is 24.1. The van der Waals surface area contributed by atoms with Gasteiger partial charge in [-0.05, 0) is 82.9 Å². The van der Waals surface area contributed by atoms with E-state index in [0.29, 0.717) is 43.8 Å². The van der Waals surface area contributed by atoms with Crippen LogP contribution in [0, 0.1) is 17.8 Å². The van der Waals surface area contributed by atoms with Gasteiger partial charge in [-0.3, -0.25) is 14.4 Å². The zero-order valence-electron chi connectivity index (χ0n) is 55.2. The number of carbonyl (C=O) groups excluding carboxylic acids is 3. The van der Waals surface area contributed by atoms with E-state index < -0.39 is 148 Å². The van der Waals surface area contributed by atoms with Crippen molar-refractivity contribution >= 4 is 17.9 Å². The molecular formula is C64H108O24. The van der Waals surface area contributed by atoms with Crippen LogP contribution in [0.15, 0.2) is 24.3 Å². The largest absolute Gasteiger partial charge is 0.462 e. The van der Waals surface area contributed by atoms with Crippen molar-refractivity contribution in [3.05, 3.63) is 29.8 Å². The van der Waals surface area contributed by atoms with Gasteiger partial charge in [0.25, 0.3) is 0 Å². The standard InChI is InChI=1S/C64H108O24/c1-18-23-35(5)59(69)82-43(26-22-21-25-34(4)45(20-3)71-11)32-44(83-60(70)36(6)24-19-2)31-41-27-29-42(30-28-41)84-62-57(76-16)54(49(72-12)38(8)79-62)87-63-56(75-15)52(47(67)37(7)78-63)86-64-58(77-17)55(50(39(9)80-64)81-40(10)66)88-61-53(74-14)48(68)51(73-13)46(33-65)85-61/h27-30,34-39,43-58,61-65,67-68H,18-26,31-33H2,1-17H3. The van der Waals surface area contributed by atoms with Crippen LogP contribution in [0.25, 0.3) is 0 Å². The van der Waals surface area contributed by atoms with Gasteiger partial charge >= 0.3 is 17.9 Å². The average molecular weight is 1260 g/mol. The number of hydrogen-bond donors (Lipinski definition) is 3. The number of hydrogen-bond acceptors (Lipinski definition) is 24. The molecule has 26 unspecified atom stereocenters. The molecule has 4 aliphatic heterocycles. The number of rotatable bonds is 36. The molecule has 508 valence electrons. The second kappa shape index (κ2) is 37.4. The van der Waals surface area contributed by atoms with E-state index in [4.69, 9.17) is 85.3 Å². The molecule has 24 nitrogen and oxygen atoms in total. The summed E-state index contributed by atoms with van der Waals surface area (Å²) in [6.45, 7) is 18.0. The van der Waals surface area contributed by atoms with Gasteiger partial charge < -0.3 is 101 Å². The molecule has 88 heavy (non-hydrogen) atoms. The monoisotopic (exact) mass is 1260 g/mol. The molecule has 1 aromatic carbocycles. The van der Waals surface area contributed by atoms with Crippen molar-refractivity contribution in [2.24, 2.45) is 17.8 Å². The third-order valence-electron chi connectivity index (χ3n) is 17.6. The molecule has 26 atom stereocenters. The van der Waals surface area contributed by atoms with Gasteiger partial charge in [0.2, 0.25) is 6.29 Å². The quantitative estimate of drug-likeness (QED) is 0.0385. The molecule has 0 amide bonds. The van der Waals surface area contributed by atoms with Gasteiger partial charge in [-0.15, -0.1) is 0 Å². The number of aliphatic hydroxyl groups is 3. The van der Waals surface area contributed by atoms with E-state index in [1.807, 2.05) is 46.8 Å². The van der Waals surface area contributed by atoms with Crippen molar-refractivity contribution in [2.75, 3.05) is 56.4 Å². The lowest BCUT2D eigenvalue weighted by molar-refractivity contribution is -0.389. The normalized spacial score (nSPS) is 34.8.